The minimum absolute atomic E-state index is 0.161. The first-order chi connectivity index (χ1) is 9.56. The van der Waals surface area contributed by atoms with Gasteiger partial charge < -0.3 is 20.8 Å². The van der Waals surface area contributed by atoms with Crippen molar-refractivity contribution >= 4 is 28.9 Å². The Morgan fingerprint density at radius 1 is 1.40 bits per heavy atom. The monoisotopic (exact) mass is 289 g/mol. The number of nitrogens with two attached hydrogens (primary N) is 1. The van der Waals surface area contributed by atoms with Gasteiger partial charge in [-0.2, -0.15) is 0 Å². The van der Waals surface area contributed by atoms with Crippen LogP contribution in [0.15, 0.2) is 41.0 Å². The number of anilines is 1. The van der Waals surface area contributed by atoms with E-state index in [9.17, 15) is 4.79 Å². The predicted octanol–water partition coefficient (Wildman–Crippen LogP) is 2.17. The maximum Gasteiger partial charge on any atom is 0.251 e. The van der Waals surface area contributed by atoms with Crippen molar-refractivity contribution in [2.45, 2.75) is 13.5 Å². The third-order valence-corrected chi connectivity index (χ3v) is 2.85. The normalized spacial score (nSPS) is 10.1. The van der Waals surface area contributed by atoms with E-state index in [1.165, 1.54) is 0 Å². The topological polar surface area (TPSA) is 80.3 Å². The van der Waals surface area contributed by atoms with E-state index in [4.69, 9.17) is 22.4 Å². The smallest absolute Gasteiger partial charge is 0.251 e. The molecule has 2 aromatic rings. The summed E-state index contributed by atoms with van der Waals surface area (Å²) in [6.45, 7) is 2.24. The number of rotatable bonds is 4. The lowest BCUT2D eigenvalue weighted by atomic mass is 10.1. The predicted molar refractivity (Wildman–Crippen MR) is 81.5 cm³/mol. The Bertz CT molecular complexity index is 623. The summed E-state index contributed by atoms with van der Waals surface area (Å²) < 4.78 is 5.15. The van der Waals surface area contributed by atoms with E-state index >= 15 is 0 Å². The molecule has 0 saturated heterocycles. The molecule has 1 aromatic heterocycles. The van der Waals surface area contributed by atoms with Crippen LogP contribution in [0, 0.1) is 6.92 Å². The zero-order valence-corrected chi connectivity index (χ0v) is 11.8. The molecular weight excluding hydrogens is 274 g/mol. The van der Waals surface area contributed by atoms with Crippen LogP contribution in [0.1, 0.15) is 21.7 Å². The van der Waals surface area contributed by atoms with Gasteiger partial charge in [0.05, 0.1) is 12.8 Å². The quantitative estimate of drug-likeness (QED) is 0.752. The van der Waals surface area contributed by atoms with E-state index in [2.05, 4.69) is 10.6 Å². The Hall–Kier alpha value is -2.34. The molecule has 0 bridgehead atoms. The molecule has 0 fully saturated rings. The standard InChI is InChI=1S/C14H15N3O2S/c1-9-7-10(4-5-12(9)17-14(15)20)13(18)16-8-11-3-2-6-19-11/h2-7H,8H2,1H3,(H,16,18)(H3,15,17,20). The van der Waals surface area contributed by atoms with E-state index in [1.54, 1.807) is 36.6 Å². The summed E-state index contributed by atoms with van der Waals surface area (Å²) in [5, 5.41) is 5.84. The summed E-state index contributed by atoms with van der Waals surface area (Å²) in [5.41, 5.74) is 7.68. The van der Waals surface area contributed by atoms with Crippen LogP contribution in [0.4, 0.5) is 5.69 Å². The number of amides is 1. The molecule has 0 aliphatic carbocycles. The first-order valence-electron chi connectivity index (χ1n) is 6.04. The van der Waals surface area contributed by atoms with E-state index in [0.29, 0.717) is 17.9 Å². The Morgan fingerprint density at radius 3 is 2.80 bits per heavy atom. The van der Waals surface area contributed by atoms with Crippen molar-refractivity contribution in [2.24, 2.45) is 5.73 Å². The first-order valence-corrected chi connectivity index (χ1v) is 6.45. The Kier molecular flexibility index (Phi) is 4.37. The second-order valence-corrected chi connectivity index (χ2v) is 4.72. The zero-order valence-electron chi connectivity index (χ0n) is 11.0. The molecule has 6 heteroatoms. The maximum atomic E-state index is 12.0. The highest BCUT2D eigenvalue weighted by molar-refractivity contribution is 7.80. The Labute approximate surface area is 122 Å². The van der Waals surface area contributed by atoms with Crippen molar-refractivity contribution < 1.29 is 9.21 Å². The van der Waals surface area contributed by atoms with Crippen molar-refractivity contribution in [3.8, 4) is 0 Å². The van der Waals surface area contributed by atoms with Gasteiger partial charge in [0.2, 0.25) is 0 Å². The third-order valence-electron chi connectivity index (χ3n) is 2.75. The van der Waals surface area contributed by atoms with E-state index in [-0.39, 0.29) is 11.0 Å². The highest BCUT2D eigenvalue weighted by atomic mass is 32.1. The van der Waals surface area contributed by atoms with Crippen LogP contribution < -0.4 is 16.4 Å². The highest BCUT2D eigenvalue weighted by Gasteiger charge is 2.08. The van der Waals surface area contributed by atoms with Crippen LogP contribution in [0.2, 0.25) is 0 Å². The number of hydrogen-bond acceptors (Lipinski definition) is 3. The largest absolute Gasteiger partial charge is 0.467 e. The molecule has 1 heterocycles. The van der Waals surface area contributed by atoms with Crippen LogP contribution in [0.25, 0.3) is 0 Å². The molecule has 0 atom stereocenters. The summed E-state index contributed by atoms with van der Waals surface area (Å²) in [4.78, 5) is 12.0. The number of furan rings is 1. The highest BCUT2D eigenvalue weighted by Crippen LogP contribution is 2.16. The lowest BCUT2D eigenvalue weighted by molar-refractivity contribution is 0.0948. The number of benzene rings is 1. The number of carbonyl (C=O) groups excluding carboxylic acids is 1. The second kappa shape index (κ2) is 6.21. The summed E-state index contributed by atoms with van der Waals surface area (Å²) in [7, 11) is 0. The summed E-state index contributed by atoms with van der Waals surface area (Å²) in [6, 6.07) is 8.85. The van der Waals surface area contributed by atoms with Gasteiger partial charge in [-0.05, 0) is 55.0 Å². The van der Waals surface area contributed by atoms with Crippen LogP contribution in [0.3, 0.4) is 0 Å². The molecule has 1 aromatic carbocycles. The van der Waals surface area contributed by atoms with Gasteiger partial charge in [-0.3, -0.25) is 4.79 Å². The van der Waals surface area contributed by atoms with Crippen LogP contribution >= 0.6 is 12.2 Å². The van der Waals surface area contributed by atoms with Gasteiger partial charge in [0.15, 0.2) is 5.11 Å². The summed E-state index contributed by atoms with van der Waals surface area (Å²) in [6.07, 6.45) is 1.57. The zero-order chi connectivity index (χ0) is 14.5. The van der Waals surface area contributed by atoms with E-state index in [1.807, 2.05) is 6.92 Å². The van der Waals surface area contributed by atoms with Gasteiger partial charge >= 0.3 is 0 Å². The van der Waals surface area contributed by atoms with Gasteiger partial charge in [0.1, 0.15) is 5.76 Å². The number of nitrogens with one attached hydrogen (secondary N) is 2. The summed E-state index contributed by atoms with van der Waals surface area (Å²) >= 11 is 4.79. The third kappa shape index (κ3) is 3.58. The molecule has 4 N–H and O–H groups in total. The average molecular weight is 289 g/mol. The van der Waals surface area contributed by atoms with Gasteiger partial charge in [-0.25, -0.2) is 0 Å². The SMILES string of the molecule is Cc1cc(C(=O)NCc2ccco2)ccc1NC(N)=S. The molecule has 0 spiro atoms. The fourth-order valence-electron chi connectivity index (χ4n) is 1.76. The fraction of sp³-hybridized carbons (Fsp3) is 0.143. The van der Waals surface area contributed by atoms with Crippen molar-refractivity contribution in [3.63, 3.8) is 0 Å². The molecule has 104 valence electrons. The molecule has 0 aliphatic rings. The second-order valence-electron chi connectivity index (χ2n) is 4.28. The minimum atomic E-state index is -0.161. The molecule has 0 aliphatic heterocycles. The van der Waals surface area contributed by atoms with Gasteiger partial charge in [-0.1, -0.05) is 0 Å². The minimum Gasteiger partial charge on any atom is -0.467 e. The Balaban J connectivity index is 2.03. The lowest BCUT2D eigenvalue weighted by Crippen LogP contribution is -2.23. The molecule has 0 radical (unpaired) electrons. The van der Waals surface area contributed by atoms with Crippen LogP contribution in [-0.2, 0) is 6.54 Å². The van der Waals surface area contributed by atoms with Crippen molar-refractivity contribution in [1.82, 2.24) is 5.32 Å². The number of hydrogen-bond donors (Lipinski definition) is 3. The number of aryl methyl sites for hydroxylation is 1. The fourth-order valence-corrected chi connectivity index (χ4v) is 1.87. The van der Waals surface area contributed by atoms with E-state index in [0.717, 1.165) is 11.3 Å². The Morgan fingerprint density at radius 2 is 2.20 bits per heavy atom. The lowest BCUT2D eigenvalue weighted by Gasteiger charge is -2.10. The van der Waals surface area contributed by atoms with Crippen molar-refractivity contribution in [3.05, 3.63) is 53.5 Å². The molecule has 20 heavy (non-hydrogen) atoms. The number of carbonyl (C=O) groups is 1. The summed E-state index contributed by atoms with van der Waals surface area (Å²) in [5.74, 6) is 0.549. The van der Waals surface area contributed by atoms with Gasteiger partial charge in [0.25, 0.3) is 5.91 Å². The van der Waals surface area contributed by atoms with Gasteiger partial charge in [0, 0.05) is 11.3 Å². The van der Waals surface area contributed by atoms with E-state index < -0.39 is 0 Å². The van der Waals surface area contributed by atoms with Crippen molar-refractivity contribution in [1.29, 1.82) is 0 Å². The molecule has 2 rings (SSSR count). The number of thiocarbonyl (C=S) groups is 1. The molecule has 5 nitrogen and oxygen atoms in total. The van der Waals surface area contributed by atoms with Crippen molar-refractivity contribution in [2.75, 3.05) is 5.32 Å². The van der Waals surface area contributed by atoms with Crippen LogP contribution in [0.5, 0.6) is 0 Å². The van der Waals surface area contributed by atoms with Gasteiger partial charge in [-0.15, -0.1) is 0 Å². The maximum absolute atomic E-state index is 12.0. The first kappa shape index (κ1) is 14.1. The molecular formula is C14H15N3O2S. The molecule has 0 saturated carbocycles. The average Bonchev–Trinajstić information content (AvgIpc) is 2.91. The molecule has 0 unspecified atom stereocenters. The molecule has 1 amide bonds. The van der Waals surface area contributed by atoms with Crippen LogP contribution in [-0.4, -0.2) is 11.0 Å².